The molecule has 1 unspecified atom stereocenters. The van der Waals surface area contributed by atoms with Crippen molar-refractivity contribution < 1.29 is 5.11 Å². The van der Waals surface area contributed by atoms with Gasteiger partial charge in [0, 0.05) is 10.4 Å². The number of rotatable bonds is 4. The lowest BCUT2D eigenvalue weighted by molar-refractivity contribution is 0.454. The number of phenols is 1. The van der Waals surface area contributed by atoms with Crippen molar-refractivity contribution in [3.63, 3.8) is 0 Å². The minimum absolute atomic E-state index is 0.303. The second-order valence-electron chi connectivity index (χ2n) is 5.27. The van der Waals surface area contributed by atoms with E-state index in [0.717, 1.165) is 30.0 Å². The molecule has 0 amide bonds. The minimum atomic E-state index is 0.303. The highest BCUT2D eigenvalue weighted by molar-refractivity contribution is 7.15. The molecule has 1 aromatic heterocycles. The lowest BCUT2D eigenvalue weighted by Crippen LogP contribution is -2.25. The standard InChI is InChI=1S/C16H20N2OS/c1-2-10-17-13-4-3-5-14-15(13)18-16(20-14)11-6-8-12(19)9-7-11/h6-9,13,17,19H,2-5,10H2,1H3. The van der Waals surface area contributed by atoms with Crippen molar-refractivity contribution in [1.82, 2.24) is 10.3 Å². The van der Waals surface area contributed by atoms with Crippen molar-refractivity contribution >= 4 is 11.3 Å². The molecule has 1 aliphatic rings. The molecule has 106 valence electrons. The molecule has 2 aromatic rings. The molecule has 3 rings (SSSR count). The van der Waals surface area contributed by atoms with E-state index in [1.807, 2.05) is 12.1 Å². The largest absolute Gasteiger partial charge is 0.508 e. The maximum absolute atomic E-state index is 9.38. The number of nitrogens with zero attached hydrogens (tertiary/aromatic N) is 1. The Bertz CT molecular complexity index is 577. The number of thiazole rings is 1. The van der Waals surface area contributed by atoms with Gasteiger partial charge in [-0.3, -0.25) is 0 Å². The van der Waals surface area contributed by atoms with Crippen LogP contribution in [0.4, 0.5) is 0 Å². The summed E-state index contributed by atoms with van der Waals surface area (Å²) in [4.78, 5) is 6.28. The third-order valence-corrected chi connectivity index (χ3v) is 4.89. The van der Waals surface area contributed by atoms with Gasteiger partial charge in [0.1, 0.15) is 10.8 Å². The first-order valence-electron chi connectivity index (χ1n) is 7.30. The molecule has 1 atom stereocenters. The Morgan fingerprint density at radius 1 is 1.35 bits per heavy atom. The van der Waals surface area contributed by atoms with Crippen LogP contribution in [0, 0.1) is 0 Å². The molecule has 1 aliphatic carbocycles. The third-order valence-electron chi connectivity index (χ3n) is 3.71. The van der Waals surface area contributed by atoms with Crippen LogP contribution >= 0.6 is 11.3 Å². The van der Waals surface area contributed by atoms with Crippen molar-refractivity contribution in [1.29, 1.82) is 0 Å². The first kappa shape index (κ1) is 13.6. The lowest BCUT2D eigenvalue weighted by atomic mass is 9.97. The fraction of sp³-hybridized carbons (Fsp3) is 0.438. The molecule has 3 nitrogen and oxygen atoms in total. The van der Waals surface area contributed by atoms with Gasteiger partial charge in [-0.1, -0.05) is 6.92 Å². The summed E-state index contributed by atoms with van der Waals surface area (Å²) in [7, 11) is 0. The van der Waals surface area contributed by atoms with Gasteiger partial charge in [0.2, 0.25) is 0 Å². The maximum Gasteiger partial charge on any atom is 0.123 e. The van der Waals surface area contributed by atoms with E-state index in [1.165, 1.54) is 23.4 Å². The Hall–Kier alpha value is -1.39. The molecule has 0 radical (unpaired) electrons. The topological polar surface area (TPSA) is 45.1 Å². The predicted octanol–water partition coefficient (Wildman–Crippen LogP) is 3.89. The van der Waals surface area contributed by atoms with E-state index in [-0.39, 0.29) is 0 Å². The summed E-state index contributed by atoms with van der Waals surface area (Å²) in [5.74, 6) is 0.303. The van der Waals surface area contributed by atoms with Crippen LogP contribution in [-0.2, 0) is 6.42 Å². The molecular weight excluding hydrogens is 268 g/mol. The molecule has 0 fully saturated rings. The predicted molar refractivity (Wildman–Crippen MR) is 83.2 cm³/mol. The van der Waals surface area contributed by atoms with Gasteiger partial charge in [-0.25, -0.2) is 4.98 Å². The number of fused-ring (bicyclic) bond motifs is 1. The SMILES string of the molecule is CCCNC1CCCc2sc(-c3ccc(O)cc3)nc21. The number of aryl methyl sites for hydroxylation is 1. The van der Waals surface area contributed by atoms with Gasteiger partial charge in [-0.2, -0.15) is 0 Å². The summed E-state index contributed by atoms with van der Waals surface area (Å²) in [6.07, 6.45) is 4.73. The Labute approximate surface area is 123 Å². The molecule has 0 aliphatic heterocycles. The van der Waals surface area contributed by atoms with E-state index in [9.17, 15) is 5.11 Å². The first-order valence-corrected chi connectivity index (χ1v) is 8.12. The Balaban J connectivity index is 1.88. The molecule has 0 saturated heterocycles. The van der Waals surface area contributed by atoms with Crippen LogP contribution in [0.1, 0.15) is 42.8 Å². The van der Waals surface area contributed by atoms with Gasteiger partial charge in [0.05, 0.1) is 11.7 Å². The summed E-state index contributed by atoms with van der Waals surface area (Å²) < 4.78 is 0. The lowest BCUT2D eigenvalue weighted by Gasteiger charge is -2.22. The number of benzene rings is 1. The van der Waals surface area contributed by atoms with Crippen molar-refractivity contribution in [2.24, 2.45) is 0 Å². The van der Waals surface area contributed by atoms with E-state index >= 15 is 0 Å². The number of hydrogen-bond donors (Lipinski definition) is 2. The zero-order valence-electron chi connectivity index (χ0n) is 11.7. The summed E-state index contributed by atoms with van der Waals surface area (Å²) in [6.45, 7) is 3.25. The summed E-state index contributed by atoms with van der Waals surface area (Å²) in [5.41, 5.74) is 2.34. The van der Waals surface area contributed by atoms with E-state index in [0.29, 0.717) is 11.8 Å². The van der Waals surface area contributed by atoms with E-state index in [4.69, 9.17) is 4.98 Å². The third kappa shape index (κ3) is 2.72. The van der Waals surface area contributed by atoms with Gasteiger partial charge in [-0.15, -0.1) is 11.3 Å². The summed E-state index contributed by atoms with van der Waals surface area (Å²) >= 11 is 1.80. The average Bonchev–Trinajstić information content (AvgIpc) is 2.90. The number of hydrogen-bond acceptors (Lipinski definition) is 4. The zero-order chi connectivity index (χ0) is 13.9. The van der Waals surface area contributed by atoms with Crippen LogP contribution in [0.2, 0.25) is 0 Å². The molecule has 2 N–H and O–H groups in total. The van der Waals surface area contributed by atoms with Gasteiger partial charge in [0.15, 0.2) is 0 Å². The molecule has 1 aromatic carbocycles. The van der Waals surface area contributed by atoms with Crippen LogP contribution < -0.4 is 5.32 Å². The van der Waals surface area contributed by atoms with E-state index in [2.05, 4.69) is 12.2 Å². The Kier molecular flexibility index (Phi) is 4.03. The fourth-order valence-electron chi connectivity index (χ4n) is 2.66. The smallest absolute Gasteiger partial charge is 0.123 e. The number of nitrogens with one attached hydrogen (secondary N) is 1. The zero-order valence-corrected chi connectivity index (χ0v) is 12.5. The molecule has 20 heavy (non-hydrogen) atoms. The van der Waals surface area contributed by atoms with Gasteiger partial charge < -0.3 is 10.4 Å². The molecule has 0 spiro atoms. The molecule has 0 saturated carbocycles. The van der Waals surface area contributed by atoms with Crippen LogP contribution in [0.5, 0.6) is 5.75 Å². The second-order valence-corrected chi connectivity index (χ2v) is 6.36. The van der Waals surface area contributed by atoms with Crippen molar-refractivity contribution in [3.8, 4) is 16.3 Å². The number of phenolic OH excluding ortho intramolecular Hbond substituents is 1. The van der Waals surface area contributed by atoms with Crippen LogP contribution in [0.25, 0.3) is 10.6 Å². The van der Waals surface area contributed by atoms with Crippen LogP contribution in [-0.4, -0.2) is 16.6 Å². The molecule has 0 bridgehead atoms. The molecular formula is C16H20N2OS. The second kappa shape index (κ2) is 5.94. The molecule has 1 heterocycles. The van der Waals surface area contributed by atoms with Crippen LogP contribution in [0.3, 0.4) is 0 Å². The quantitative estimate of drug-likeness (QED) is 0.897. The van der Waals surface area contributed by atoms with E-state index in [1.54, 1.807) is 23.5 Å². The highest BCUT2D eigenvalue weighted by Gasteiger charge is 2.24. The number of aromatic hydroxyl groups is 1. The summed E-state index contributed by atoms with van der Waals surface area (Å²) in [5, 5.41) is 14.1. The Morgan fingerprint density at radius 3 is 2.90 bits per heavy atom. The normalized spacial score (nSPS) is 17.9. The highest BCUT2D eigenvalue weighted by atomic mass is 32.1. The highest BCUT2D eigenvalue weighted by Crippen LogP contribution is 2.37. The summed E-state index contributed by atoms with van der Waals surface area (Å²) in [6, 6.07) is 7.74. The van der Waals surface area contributed by atoms with E-state index < -0.39 is 0 Å². The monoisotopic (exact) mass is 288 g/mol. The minimum Gasteiger partial charge on any atom is -0.508 e. The Morgan fingerprint density at radius 2 is 2.15 bits per heavy atom. The van der Waals surface area contributed by atoms with Crippen molar-refractivity contribution in [2.45, 2.75) is 38.6 Å². The fourth-order valence-corrected chi connectivity index (χ4v) is 3.83. The van der Waals surface area contributed by atoms with Gasteiger partial charge in [0.25, 0.3) is 0 Å². The van der Waals surface area contributed by atoms with Crippen LogP contribution in [0.15, 0.2) is 24.3 Å². The maximum atomic E-state index is 9.38. The van der Waals surface area contributed by atoms with Gasteiger partial charge in [-0.05, 0) is 56.5 Å². The van der Waals surface area contributed by atoms with Crippen molar-refractivity contribution in [2.75, 3.05) is 6.54 Å². The average molecular weight is 288 g/mol. The van der Waals surface area contributed by atoms with Crippen molar-refractivity contribution in [3.05, 3.63) is 34.8 Å². The van der Waals surface area contributed by atoms with Gasteiger partial charge >= 0.3 is 0 Å². The first-order chi connectivity index (χ1) is 9.78. The molecule has 4 heteroatoms. The number of aromatic nitrogens is 1.